The number of aromatic nitrogens is 3. The summed E-state index contributed by atoms with van der Waals surface area (Å²) in [5.74, 6) is 0.104. The lowest BCUT2D eigenvalue weighted by atomic mass is 9.90. The largest absolute Gasteiger partial charge is 0.326 e. The maximum Gasteiger partial charge on any atom is 0.229 e. The van der Waals surface area contributed by atoms with Gasteiger partial charge in [0.2, 0.25) is 5.91 Å². The van der Waals surface area contributed by atoms with Gasteiger partial charge in [-0.3, -0.25) is 9.48 Å². The van der Waals surface area contributed by atoms with Gasteiger partial charge in [-0.1, -0.05) is 0 Å². The summed E-state index contributed by atoms with van der Waals surface area (Å²) in [5.41, 5.74) is 2.97. The van der Waals surface area contributed by atoms with Crippen molar-refractivity contribution in [3.05, 3.63) is 53.8 Å². The second-order valence-electron chi connectivity index (χ2n) is 6.22. The average Bonchev–Trinajstić information content (AvgIpc) is 3.36. The highest BCUT2D eigenvalue weighted by molar-refractivity contribution is 7.13. The van der Waals surface area contributed by atoms with E-state index < -0.39 is 0 Å². The fourth-order valence-electron chi connectivity index (χ4n) is 3.23. The fraction of sp³-hybridized carbons (Fsp3) is 0.278. The van der Waals surface area contributed by atoms with E-state index in [1.165, 1.54) is 0 Å². The van der Waals surface area contributed by atoms with Gasteiger partial charge in [-0.25, -0.2) is 4.98 Å². The van der Waals surface area contributed by atoms with Crippen molar-refractivity contribution in [2.24, 2.45) is 13.0 Å². The predicted molar refractivity (Wildman–Crippen MR) is 106 cm³/mol. The van der Waals surface area contributed by atoms with Gasteiger partial charge in [0.1, 0.15) is 5.01 Å². The van der Waals surface area contributed by atoms with Crippen molar-refractivity contribution < 1.29 is 4.79 Å². The van der Waals surface area contributed by atoms with Crippen molar-refractivity contribution in [1.82, 2.24) is 20.1 Å². The summed E-state index contributed by atoms with van der Waals surface area (Å²) in [6, 6.07) is 7.83. The molecule has 0 spiro atoms. The van der Waals surface area contributed by atoms with Crippen LogP contribution in [0.4, 0.5) is 5.69 Å². The normalized spacial score (nSPS) is 19.1. The van der Waals surface area contributed by atoms with Gasteiger partial charge in [0.25, 0.3) is 0 Å². The van der Waals surface area contributed by atoms with E-state index in [2.05, 4.69) is 20.7 Å². The van der Waals surface area contributed by atoms with Gasteiger partial charge in [-0.2, -0.15) is 5.10 Å². The highest BCUT2D eigenvalue weighted by atomic mass is 35.5. The first-order valence-corrected chi connectivity index (χ1v) is 9.09. The monoisotopic (exact) mass is 389 g/mol. The lowest BCUT2D eigenvalue weighted by molar-refractivity contribution is -0.119. The standard InChI is InChI=1S/C18H19N5OS.ClH/c1-23-11-13(8-21-23)15-9-19-10-16(15)17(24)22-14-4-2-12(3-5-14)18-20-6-7-25-18;/h2-8,11,15-16,19H,9-10H2,1H3,(H,22,24);1H/t15-,16+;/m1./s1. The molecule has 6 nitrogen and oxygen atoms in total. The van der Waals surface area contributed by atoms with Crippen LogP contribution in [0.1, 0.15) is 11.5 Å². The van der Waals surface area contributed by atoms with Gasteiger partial charge in [0.05, 0.1) is 12.1 Å². The molecular weight excluding hydrogens is 370 g/mol. The Hall–Kier alpha value is -2.22. The molecule has 1 aliphatic rings. The Morgan fingerprint density at radius 3 is 2.77 bits per heavy atom. The van der Waals surface area contributed by atoms with Crippen LogP contribution in [-0.2, 0) is 11.8 Å². The van der Waals surface area contributed by atoms with Crippen LogP contribution in [0.15, 0.2) is 48.2 Å². The molecular formula is C18H20ClN5OS. The number of carbonyl (C=O) groups is 1. The van der Waals surface area contributed by atoms with Crippen molar-refractivity contribution in [1.29, 1.82) is 0 Å². The van der Waals surface area contributed by atoms with Crippen LogP contribution in [0.25, 0.3) is 10.6 Å². The lowest BCUT2D eigenvalue weighted by Crippen LogP contribution is -2.28. The molecule has 0 unspecified atom stereocenters. The second kappa shape index (κ2) is 7.99. The van der Waals surface area contributed by atoms with Gasteiger partial charge < -0.3 is 10.6 Å². The van der Waals surface area contributed by atoms with Gasteiger partial charge in [0, 0.05) is 55.1 Å². The third kappa shape index (κ3) is 3.80. The summed E-state index contributed by atoms with van der Waals surface area (Å²) in [4.78, 5) is 17.0. The molecule has 0 aliphatic carbocycles. The summed E-state index contributed by atoms with van der Waals surface area (Å²) in [6.45, 7) is 1.48. The van der Waals surface area contributed by atoms with Crippen LogP contribution in [0.3, 0.4) is 0 Å². The number of halogens is 1. The first-order valence-electron chi connectivity index (χ1n) is 8.21. The van der Waals surface area contributed by atoms with E-state index in [9.17, 15) is 4.79 Å². The third-order valence-electron chi connectivity index (χ3n) is 4.54. The molecule has 3 heterocycles. The quantitative estimate of drug-likeness (QED) is 0.719. The molecule has 2 atom stereocenters. The molecule has 136 valence electrons. The Balaban J connectivity index is 0.00000196. The molecule has 1 aromatic carbocycles. The summed E-state index contributed by atoms with van der Waals surface area (Å²) in [6.07, 6.45) is 5.63. The molecule has 2 aromatic heterocycles. The molecule has 4 rings (SSSR count). The SMILES string of the molecule is Cl.Cn1cc([C@H]2CNC[C@@H]2C(=O)Nc2ccc(-c3nccs3)cc2)cn1. The number of anilines is 1. The Labute approximate surface area is 162 Å². The predicted octanol–water partition coefficient (Wildman–Crippen LogP) is 2.91. The number of amides is 1. The fourth-order valence-corrected chi connectivity index (χ4v) is 3.88. The van der Waals surface area contributed by atoms with E-state index in [1.807, 2.05) is 49.1 Å². The molecule has 1 fully saturated rings. The summed E-state index contributed by atoms with van der Waals surface area (Å²) >= 11 is 1.60. The minimum absolute atomic E-state index is 0. The van der Waals surface area contributed by atoms with E-state index in [0.29, 0.717) is 6.54 Å². The molecule has 0 radical (unpaired) electrons. The number of carbonyl (C=O) groups excluding carboxylic acids is 1. The van der Waals surface area contributed by atoms with Crippen molar-refractivity contribution in [3.63, 3.8) is 0 Å². The van der Waals surface area contributed by atoms with E-state index in [1.54, 1.807) is 22.2 Å². The topological polar surface area (TPSA) is 71.8 Å². The minimum atomic E-state index is -0.0946. The summed E-state index contributed by atoms with van der Waals surface area (Å²) in [5, 5.41) is 13.5. The summed E-state index contributed by atoms with van der Waals surface area (Å²) < 4.78 is 1.78. The van der Waals surface area contributed by atoms with E-state index in [-0.39, 0.29) is 30.2 Å². The number of nitrogens with one attached hydrogen (secondary N) is 2. The first-order chi connectivity index (χ1) is 12.2. The zero-order valence-corrected chi connectivity index (χ0v) is 15.9. The molecule has 0 saturated carbocycles. The van der Waals surface area contributed by atoms with Crippen LogP contribution in [-0.4, -0.2) is 33.8 Å². The molecule has 26 heavy (non-hydrogen) atoms. The molecule has 2 N–H and O–H groups in total. The van der Waals surface area contributed by atoms with Crippen LogP contribution >= 0.6 is 23.7 Å². The number of benzene rings is 1. The number of hydrogen-bond donors (Lipinski definition) is 2. The second-order valence-corrected chi connectivity index (χ2v) is 7.12. The van der Waals surface area contributed by atoms with E-state index >= 15 is 0 Å². The van der Waals surface area contributed by atoms with Crippen LogP contribution < -0.4 is 10.6 Å². The van der Waals surface area contributed by atoms with Gasteiger partial charge in [-0.15, -0.1) is 23.7 Å². The maximum absolute atomic E-state index is 12.7. The average molecular weight is 390 g/mol. The van der Waals surface area contributed by atoms with Crippen molar-refractivity contribution in [2.45, 2.75) is 5.92 Å². The van der Waals surface area contributed by atoms with Crippen LogP contribution in [0.5, 0.6) is 0 Å². The molecule has 1 aliphatic heterocycles. The van der Waals surface area contributed by atoms with Crippen molar-refractivity contribution in [2.75, 3.05) is 18.4 Å². The molecule has 1 saturated heterocycles. The van der Waals surface area contributed by atoms with Crippen molar-refractivity contribution in [3.8, 4) is 10.6 Å². The van der Waals surface area contributed by atoms with Gasteiger partial charge >= 0.3 is 0 Å². The molecule has 3 aromatic rings. The third-order valence-corrected chi connectivity index (χ3v) is 5.36. The lowest BCUT2D eigenvalue weighted by Gasteiger charge is -2.17. The minimum Gasteiger partial charge on any atom is -0.326 e. The van der Waals surface area contributed by atoms with Crippen LogP contribution in [0.2, 0.25) is 0 Å². The van der Waals surface area contributed by atoms with Gasteiger partial charge in [-0.05, 0) is 29.8 Å². The van der Waals surface area contributed by atoms with Gasteiger partial charge in [0.15, 0.2) is 0 Å². The maximum atomic E-state index is 12.7. The number of rotatable bonds is 4. The highest BCUT2D eigenvalue weighted by Crippen LogP contribution is 2.29. The number of hydrogen-bond acceptors (Lipinski definition) is 5. The molecule has 1 amide bonds. The zero-order chi connectivity index (χ0) is 17.2. The number of nitrogens with zero attached hydrogens (tertiary/aromatic N) is 3. The number of aryl methyl sites for hydroxylation is 1. The smallest absolute Gasteiger partial charge is 0.229 e. The molecule has 0 bridgehead atoms. The Kier molecular flexibility index (Phi) is 5.70. The van der Waals surface area contributed by atoms with Crippen LogP contribution in [0, 0.1) is 5.92 Å². The zero-order valence-electron chi connectivity index (χ0n) is 14.3. The Morgan fingerprint density at radius 1 is 1.31 bits per heavy atom. The highest BCUT2D eigenvalue weighted by Gasteiger charge is 2.34. The number of thiazole rings is 1. The van der Waals surface area contributed by atoms with E-state index in [4.69, 9.17) is 0 Å². The van der Waals surface area contributed by atoms with E-state index in [0.717, 1.165) is 28.4 Å². The summed E-state index contributed by atoms with van der Waals surface area (Å²) in [7, 11) is 1.89. The first kappa shape index (κ1) is 18.6. The Bertz CT molecular complexity index is 862. The molecule has 8 heteroatoms. The Morgan fingerprint density at radius 2 is 2.12 bits per heavy atom. The van der Waals surface area contributed by atoms with Crippen molar-refractivity contribution >= 4 is 35.3 Å².